The number of nitrogens with one attached hydrogen (secondary N) is 2. The topological polar surface area (TPSA) is 185 Å². The minimum atomic E-state index is -0.425. The Hall–Kier alpha value is -9.28. The molecule has 0 spiro atoms. The normalized spacial score (nSPS) is 13.9. The minimum absolute atomic E-state index is 0. The third kappa shape index (κ3) is 48.3. The molecule has 0 unspecified atom stereocenters. The van der Waals surface area contributed by atoms with Crippen molar-refractivity contribution in [2.45, 2.75) is 135 Å². The van der Waals surface area contributed by atoms with Gasteiger partial charge in [-0.05, 0) is 237 Å². The number of anilines is 6. The average Bonchev–Trinajstić information content (AvgIpc) is 0.835. The Morgan fingerprint density at radius 3 is 0.919 bits per heavy atom. The van der Waals surface area contributed by atoms with Crippen molar-refractivity contribution in [3.05, 3.63) is 249 Å². The maximum absolute atomic E-state index is 12.1. The summed E-state index contributed by atoms with van der Waals surface area (Å²) >= 11 is 3.35. The van der Waals surface area contributed by atoms with Crippen LogP contribution in [0, 0.1) is 100 Å². The van der Waals surface area contributed by atoms with Crippen LogP contribution in [0.15, 0.2) is 199 Å². The predicted octanol–water partition coefficient (Wildman–Crippen LogP) is 15.8. The van der Waals surface area contributed by atoms with Gasteiger partial charge in [-0.3, -0.25) is 0 Å². The van der Waals surface area contributed by atoms with Gasteiger partial charge in [0.05, 0.1) is 23.3 Å². The molecule has 6 heterocycles. The molecule has 0 atom stereocenters. The predicted molar refractivity (Wildman–Crippen MR) is 531 cm³/mol. The van der Waals surface area contributed by atoms with Crippen LogP contribution < -0.4 is 64.6 Å². The number of nitriles is 2. The molecule has 0 saturated carbocycles. The molecule has 0 aliphatic carbocycles. The Morgan fingerprint density at radius 1 is 0.444 bits per heavy atom. The van der Waals surface area contributed by atoms with Crippen LogP contribution in [0.1, 0.15) is 129 Å². The molecule has 0 radical (unpaired) electrons. The van der Waals surface area contributed by atoms with Gasteiger partial charge in [0.2, 0.25) is 0 Å². The first-order valence-corrected chi connectivity index (χ1v) is 41.9. The summed E-state index contributed by atoms with van der Waals surface area (Å²) in [5.74, 6) is 7.30. The smallest absolute Gasteiger partial charge is 1.00 e. The number of rotatable bonds is 7. The molecule has 18 nitrogen and oxygen atoms in total. The molecule has 0 aromatic heterocycles. The van der Waals surface area contributed by atoms with Gasteiger partial charge in [0.1, 0.15) is 17.0 Å². The van der Waals surface area contributed by atoms with E-state index in [1.807, 2.05) is 97.9 Å². The fourth-order valence-corrected chi connectivity index (χ4v) is 12.5. The van der Waals surface area contributed by atoms with Crippen LogP contribution >= 0.6 is 40.7 Å². The van der Waals surface area contributed by atoms with Crippen LogP contribution in [0.2, 0.25) is 0 Å². The van der Waals surface area contributed by atoms with Crippen molar-refractivity contribution in [3.63, 3.8) is 0 Å². The first kappa shape index (κ1) is 117. The van der Waals surface area contributed by atoms with Gasteiger partial charge in [0, 0.05) is 189 Å². The fourth-order valence-electron chi connectivity index (χ4n) is 12.2. The van der Waals surface area contributed by atoms with Crippen LogP contribution in [0.3, 0.4) is 0 Å². The molecular weight excluding hydrogens is 1670 g/mol. The number of halogens is 4. The van der Waals surface area contributed by atoms with Crippen LogP contribution in [0.4, 0.5) is 48.1 Å². The maximum atomic E-state index is 12.1. The number of aryl methyl sites for hydroxylation is 5. The van der Waals surface area contributed by atoms with Crippen molar-refractivity contribution in [2.24, 2.45) is 5.73 Å². The number of hydrogen-bond donors (Lipinski definition) is 3. The average molecular weight is 1810 g/mol. The van der Waals surface area contributed by atoms with E-state index >= 15 is 0 Å². The first-order valence-electron chi connectivity index (χ1n) is 41.1. The molecule has 0 bridgehead atoms. The molecule has 668 valence electrons. The SMILES string of the molecule is C.C#C.C#CC.C1CCOC1.CC#CC.CC(C)(C)OC(=O)N1CCNCC1.Cc1ccc(Br)cc1.Cc1ccc(N2CCN(C(=O)OC(C)(C)C)CC2)cc1.Cc1ccc(N2CCN(c3ccc(C#N)cc3)CC2)cc1.Cc1ccc(N2CCN(c3ccc(CN)cc3)CC2)cc1.Cc1ccc(N2CCNCC2)cc1.Cl.Cl.N#Cc1ccc(F)cc1.[AlH3].[H-].[Li+]. The van der Waals surface area contributed by atoms with E-state index in [4.69, 9.17) is 30.5 Å². The van der Waals surface area contributed by atoms with Gasteiger partial charge < -0.3 is 71.2 Å². The summed E-state index contributed by atoms with van der Waals surface area (Å²) in [6.45, 7) is 48.9. The Labute approximate surface area is 790 Å². The zero-order chi connectivity index (χ0) is 87.4. The van der Waals surface area contributed by atoms with Crippen LogP contribution in [-0.2, 0) is 20.8 Å². The minimum Gasteiger partial charge on any atom is -1.00 e. The van der Waals surface area contributed by atoms with Crippen molar-refractivity contribution in [1.29, 1.82) is 10.5 Å². The molecule has 4 N–H and O–H groups in total. The van der Waals surface area contributed by atoms with Gasteiger partial charge in [-0.1, -0.05) is 124 Å². The molecule has 14 rings (SSSR count). The second kappa shape index (κ2) is 66.2. The number of carbonyl (C=O) groups is 2. The van der Waals surface area contributed by atoms with Crippen molar-refractivity contribution < 1.29 is 48.5 Å². The van der Waals surface area contributed by atoms with E-state index < -0.39 is 5.60 Å². The molecule has 6 saturated heterocycles. The summed E-state index contributed by atoms with van der Waals surface area (Å²) in [5.41, 5.74) is 21.5. The summed E-state index contributed by atoms with van der Waals surface area (Å²) in [6.07, 6.45) is 14.7. The molecule has 24 heteroatoms. The maximum Gasteiger partial charge on any atom is 1.00 e. The van der Waals surface area contributed by atoms with Crippen molar-refractivity contribution >= 4 is 104 Å². The molecule has 8 aromatic carbocycles. The Bertz CT molecular complexity index is 4320. The second-order valence-corrected chi connectivity index (χ2v) is 31.7. The molecule has 6 fully saturated rings. The summed E-state index contributed by atoms with van der Waals surface area (Å²) in [5, 5.41) is 23.6. The van der Waals surface area contributed by atoms with E-state index in [0.717, 1.165) is 141 Å². The molecule has 8 aromatic rings. The number of amides is 2. The number of piperazine rings is 5. The number of ether oxygens (including phenoxy) is 3. The van der Waals surface area contributed by atoms with Gasteiger partial charge in [0.15, 0.2) is 17.4 Å². The van der Waals surface area contributed by atoms with E-state index in [9.17, 15) is 14.0 Å². The molecule has 2 amide bonds. The van der Waals surface area contributed by atoms with Crippen LogP contribution in [0.5, 0.6) is 0 Å². The van der Waals surface area contributed by atoms with Gasteiger partial charge in [0.25, 0.3) is 0 Å². The number of benzene rings is 8. The number of nitrogens with zero attached hydrogens (tertiary/aromatic N) is 10. The monoisotopic (exact) mass is 1810 g/mol. The third-order valence-electron chi connectivity index (χ3n) is 18.9. The Morgan fingerprint density at radius 2 is 0.677 bits per heavy atom. The van der Waals surface area contributed by atoms with Crippen molar-refractivity contribution in [1.82, 2.24) is 20.4 Å². The summed E-state index contributed by atoms with van der Waals surface area (Å²) in [4.78, 5) is 41.5. The summed E-state index contributed by atoms with van der Waals surface area (Å²) < 4.78 is 28.8. The fraction of sp³-hybridized carbons (Fsp3) is 0.420. The van der Waals surface area contributed by atoms with Gasteiger partial charge in [-0.25, -0.2) is 14.0 Å². The Kier molecular flexibility index (Phi) is 62.4. The quantitative estimate of drug-likeness (QED) is 0.101. The molecule has 6 aliphatic heterocycles. The van der Waals surface area contributed by atoms with Gasteiger partial charge in [-0.2, -0.15) is 10.5 Å². The third-order valence-corrected chi connectivity index (χ3v) is 19.5. The van der Waals surface area contributed by atoms with Gasteiger partial charge >= 0.3 is 31.0 Å². The number of hydrogen-bond acceptors (Lipinski definition) is 16. The summed E-state index contributed by atoms with van der Waals surface area (Å²) in [7, 11) is 0. The zero-order valence-electron chi connectivity index (χ0n) is 76.0. The van der Waals surface area contributed by atoms with Gasteiger partial charge in [-0.15, -0.1) is 61.8 Å². The standard InChI is InChI=1S/C18H23N3.C18H19N3.C16H24N2O2.C11H16N2.C9H18N2O2.C7H7Br.C7H4FN.C4H8O.C4H6.C3H4.C2H2.CH4.Al.2ClH.Li.4H/c2*1-15-2-6-17(7-3-15)20-10-12-21(13-11-20)18-8-4-16(14-19)5-9-18;1-13-5-7-14(8-6-13)17-9-11-18(12-10-17)15(19)20-16(2,3)4;1-10-2-4-11(5-3-10)13-8-6-12-7-9-13;1-9(2,3)13-8(12)11-6-4-10-5-7-11;1-6-2-4-7(8)5-3-6;8-7-3-1-6(5-9)2-4-7;1-2-4-5-3-1;1-3-4-2;1-3-2;1-2;;;;;;;;;/h2-9H,10-14,19H2,1H3;2-9H,10-13H2,1H3;5-8H,9-12H2,1-4H3;2-5,12H,6-9H2,1H3;10H,4-7H2,1-3H3;2-5H,1H3;1-4H;1-4H2;1-2H3;1H,2H3;1-2H;1H4;;2*1H;;;;;/q;;;;;;;;;;;;;;;+1;;;;-1. The summed E-state index contributed by atoms with van der Waals surface area (Å²) in [6, 6.07) is 69.0. The van der Waals surface area contributed by atoms with Crippen molar-refractivity contribution in [2.75, 3.05) is 174 Å². The zero-order valence-corrected chi connectivity index (χ0v) is 78.3. The number of carbonyl (C=O) groups excluding carboxylic acids is 2. The largest absolute Gasteiger partial charge is 1.00 e. The van der Waals surface area contributed by atoms with Crippen molar-refractivity contribution in [3.8, 4) is 49.2 Å². The van der Waals surface area contributed by atoms with E-state index in [-0.39, 0.29) is 93.5 Å². The van der Waals surface area contributed by atoms with E-state index in [1.54, 1.807) is 16.7 Å². The van der Waals surface area contributed by atoms with Crippen LogP contribution in [-0.4, -0.2) is 195 Å². The van der Waals surface area contributed by atoms with E-state index in [1.165, 1.54) is 105 Å². The van der Waals surface area contributed by atoms with E-state index in [2.05, 4.69) is 267 Å². The first-order chi connectivity index (χ1) is 57.2. The molecule has 6 aliphatic rings. The molecular formula is C100H141AlBrCl2FLiN13O5. The van der Waals surface area contributed by atoms with E-state index in [0.29, 0.717) is 25.2 Å². The number of terminal acetylenes is 2. The second-order valence-electron chi connectivity index (χ2n) is 30.8. The van der Waals surface area contributed by atoms with Crippen LogP contribution in [0.25, 0.3) is 0 Å². The Balaban J connectivity index is -0.00000137. The molecule has 124 heavy (non-hydrogen) atoms. The number of nitrogens with two attached hydrogens (primary N) is 1.